The van der Waals surface area contributed by atoms with Gasteiger partial charge in [-0.15, -0.1) is 0 Å². The number of rotatable bonds is 5. The molecule has 3 nitrogen and oxygen atoms in total. The van der Waals surface area contributed by atoms with E-state index in [0.717, 1.165) is 30.4 Å². The van der Waals surface area contributed by atoms with Crippen LogP contribution in [0.25, 0.3) is 0 Å². The van der Waals surface area contributed by atoms with E-state index in [1.165, 1.54) is 6.42 Å². The standard InChI is InChI=1S/C15H21NO2S/c1-17-13-3-2-4-14(9-13)18-10-11-5-7-12(8-6-11)15(16)19/h5-8,13-14H,2-4,9-10H2,1H3,(H2,16,19). The first-order valence-corrected chi connectivity index (χ1v) is 7.13. The summed E-state index contributed by atoms with van der Waals surface area (Å²) in [7, 11) is 1.78. The van der Waals surface area contributed by atoms with Crippen LogP contribution >= 0.6 is 12.2 Å². The summed E-state index contributed by atoms with van der Waals surface area (Å²) >= 11 is 4.93. The van der Waals surface area contributed by atoms with E-state index < -0.39 is 0 Å². The highest BCUT2D eigenvalue weighted by molar-refractivity contribution is 7.80. The molecule has 0 heterocycles. The third kappa shape index (κ3) is 4.27. The van der Waals surface area contributed by atoms with Crippen LogP contribution in [0.1, 0.15) is 36.8 Å². The third-order valence-electron chi connectivity index (χ3n) is 3.64. The van der Waals surface area contributed by atoms with Gasteiger partial charge in [0.1, 0.15) is 4.99 Å². The number of benzene rings is 1. The third-order valence-corrected chi connectivity index (χ3v) is 3.87. The van der Waals surface area contributed by atoms with Crippen molar-refractivity contribution in [3.8, 4) is 0 Å². The fourth-order valence-electron chi connectivity index (χ4n) is 2.45. The topological polar surface area (TPSA) is 44.5 Å². The van der Waals surface area contributed by atoms with Crippen LogP contribution in [0.3, 0.4) is 0 Å². The quantitative estimate of drug-likeness (QED) is 0.842. The molecule has 1 aromatic carbocycles. The summed E-state index contributed by atoms with van der Waals surface area (Å²) in [5.74, 6) is 0. The van der Waals surface area contributed by atoms with Gasteiger partial charge in [-0.2, -0.15) is 0 Å². The number of nitrogens with two attached hydrogens (primary N) is 1. The van der Waals surface area contributed by atoms with Crippen LogP contribution in [0.15, 0.2) is 24.3 Å². The number of thiocarbonyl (C=S) groups is 1. The van der Waals surface area contributed by atoms with E-state index in [9.17, 15) is 0 Å². The minimum atomic E-state index is 0.314. The molecule has 2 atom stereocenters. The molecule has 1 fully saturated rings. The summed E-state index contributed by atoms with van der Waals surface area (Å²) in [6, 6.07) is 7.93. The monoisotopic (exact) mass is 279 g/mol. The molecule has 2 rings (SSSR count). The Bertz CT molecular complexity index is 419. The molecule has 0 bridgehead atoms. The molecule has 0 aliphatic heterocycles. The Hall–Kier alpha value is -0.970. The highest BCUT2D eigenvalue weighted by Gasteiger charge is 2.22. The molecule has 1 aliphatic carbocycles. The summed E-state index contributed by atoms with van der Waals surface area (Å²) in [4.78, 5) is 0.433. The van der Waals surface area contributed by atoms with Gasteiger partial charge in [-0.3, -0.25) is 0 Å². The summed E-state index contributed by atoms with van der Waals surface area (Å²) in [5, 5.41) is 0. The maximum absolute atomic E-state index is 5.96. The van der Waals surface area contributed by atoms with Gasteiger partial charge in [0, 0.05) is 12.7 Å². The predicted molar refractivity (Wildman–Crippen MR) is 80.2 cm³/mol. The molecule has 0 aromatic heterocycles. The first-order chi connectivity index (χ1) is 9.19. The van der Waals surface area contributed by atoms with Gasteiger partial charge in [-0.1, -0.05) is 36.5 Å². The maximum atomic E-state index is 5.96. The molecule has 1 saturated carbocycles. The molecule has 2 N–H and O–H groups in total. The second-order valence-electron chi connectivity index (χ2n) is 5.02. The van der Waals surface area contributed by atoms with Crippen LogP contribution in [0.5, 0.6) is 0 Å². The summed E-state index contributed by atoms with van der Waals surface area (Å²) in [6.45, 7) is 0.638. The van der Waals surface area contributed by atoms with Crippen LogP contribution in [0.4, 0.5) is 0 Å². The van der Waals surface area contributed by atoms with Gasteiger partial charge in [0.25, 0.3) is 0 Å². The van der Waals surface area contributed by atoms with Gasteiger partial charge in [0.2, 0.25) is 0 Å². The highest BCUT2D eigenvalue weighted by atomic mass is 32.1. The molecule has 4 heteroatoms. The fourth-order valence-corrected chi connectivity index (χ4v) is 2.58. The van der Waals surface area contributed by atoms with Crippen LogP contribution in [0, 0.1) is 0 Å². The average molecular weight is 279 g/mol. The molecule has 0 radical (unpaired) electrons. The zero-order valence-corrected chi connectivity index (χ0v) is 12.1. The van der Waals surface area contributed by atoms with Crippen molar-refractivity contribution in [2.75, 3.05) is 7.11 Å². The normalized spacial score (nSPS) is 23.2. The molecular formula is C15H21NO2S. The molecule has 19 heavy (non-hydrogen) atoms. The Labute approximate surface area is 120 Å². The van der Waals surface area contributed by atoms with Gasteiger partial charge < -0.3 is 15.2 Å². The van der Waals surface area contributed by atoms with Gasteiger partial charge in [0.05, 0.1) is 18.8 Å². The van der Waals surface area contributed by atoms with Crippen LogP contribution in [-0.4, -0.2) is 24.3 Å². The lowest BCUT2D eigenvalue weighted by molar-refractivity contribution is -0.0363. The summed E-state index contributed by atoms with van der Waals surface area (Å²) < 4.78 is 11.4. The largest absolute Gasteiger partial charge is 0.389 e. The van der Waals surface area contributed by atoms with Crippen molar-refractivity contribution in [2.45, 2.75) is 44.5 Å². The smallest absolute Gasteiger partial charge is 0.103 e. The number of ether oxygens (including phenoxy) is 2. The Morgan fingerprint density at radius 3 is 2.58 bits per heavy atom. The second kappa shape index (κ2) is 6.98. The van der Waals surface area contributed by atoms with Crippen LogP contribution < -0.4 is 5.73 Å². The first-order valence-electron chi connectivity index (χ1n) is 6.72. The molecule has 104 valence electrons. The van der Waals surface area contributed by atoms with E-state index in [1.807, 2.05) is 24.3 Å². The minimum absolute atomic E-state index is 0.314. The number of methoxy groups -OCH3 is 1. The second-order valence-corrected chi connectivity index (χ2v) is 5.46. The van der Waals surface area contributed by atoms with Crippen molar-refractivity contribution in [3.63, 3.8) is 0 Å². The molecule has 2 unspecified atom stereocenters. The zero-order valence-electron chi connectivity index (χ0n) is 11.3. The fraction of sp³-hybridized carbons (Fsp3) is 0.533. The SMILES string of the molecule is COC1CCCC(OCc2ccc(C(N)=S)cc2)C1. The molecule has 1 aromatic rings. The summed E-state index contributed by atoms with van der Waals surface area (Å²) in [5.41, 5.74) is 7.62. The van der Waals surface area contributed by atoms with Crippen molar-refractivity contribution in [3.05, 3.63) is 35.4 Å². The molecule has 1 aliphatic rings. The van der Waals surface area contributed by atoms with Gasteiger partial charge in [-0.25, -0.2) is 0 Å². The van der Waals surface area contributed by atoms with E-state index in [0.29, 0.717) is 23.8 Å². The molecule has 0 saturated heterocycles. The Kier molecular flexibility index (Phi) is 5.31. The maximum Gasteiger partial charge on any atom is 0.103 e. The van der Waals surface area contributed by atoms with E-state index in [4.69, 9.17) is 27.4 Å². The van der Waals surface area contributed by atoms with E-state index in [2.05, 4.69) is 0 Å². The van der Waals surface area contributed by atoms with Crippen molar-refractivity contribution in [1.29, 1.82) is 0 Å². The van der Waals surface area contributed by atoms with Crippen LogP contribution in [0.2, 0.25) is 0 Å². The average Bonchev–Trinajstić information content (AvgIpc) is 2.46. The van der Waals surface area contributed by atoms with E-state index in [-0.39, 0.29) is 0 Å². The van der Waals surface area contributed by atoms with E-state index in [1.54, 1.807) is 7.11 Å². The summed E-state index contributed by atoms with van der Waals surface area (Å²) in [6.07, 6.45) is 5.14. The Morgan fingerprint density at radius 1 is 1.26 bits per heavy atom. The van der Waals surface area contributed by atoms with Crippen LogP contribution in [-0.2, 0) is 16.1 Å². The van der Waals surface area contributed by atoms with Crippen molar-refractivity contribution in [1.82, 2.24) is 0 Å². The van der Waals surface area contributed by atoms with Crippen molar-refractivity contribution in [2.24, 2.45) is 5.73 Å². The highest BCUT2D eigenvalue weighted by Crippen LogP contribution is 2.23. The zero-order chi connectivity index (χ0) is 13.7. The lowest BCUT2D eigenvalue weighted by Gasteiger charge is -2.28. The molecule has 0 amide bonds. The lowest BCUT2D eigenvalue weighted by Crippen LogP contribution is -2.27. The van der Waals surface area contributed by atoms with Gasteiger partial charge in [0.15, 0.2) is 0 Å². The number of hydrogen-bond donors (Lipinski definition) is 1. The molecular weight excluding hydrogens is 258 g/mol. The lowest BCUT2D eigenvalue weighted by atomic mass is 9.95. The van der Waals surface area contributed by atoms with Crippen molar-refractivity contribution < 1.29 is 9.47 Å². The van der Waals surface area contributed by atoms with E-state index >= 15 is 0 Å². The first kappa shape index (κ1) is 14.4. The van der Waals surface area contributed by atoms with Crippen molar-refractivity contribution >= 4 is 17.2 Å². The predicted octanol–water partition coefficient (Wildman–Crippen LogP) is 2.80. The number of hydrogen-bond acceptors (Lipinski definition) is 3. The Balaban J connectivity index is 1.83. The van der Waals surface area contributed by atoms with Gasteiger partial charge >= 0.3 is 0 Å². The molecule has 0 spiro atoms. The minimum Gasteiger partial charge on any atom is -0.389 e. The van der Waals surface area contributed by atoms with Gasteiger partial charge in [-0.05, 0) is 31.2 Å². The Morgan fingerprint density at radius 2 is 1.95 bits per heavy atom.